The van der Waals surface area contributed by atoms with Crippen molar-refractivity contribution in [1.29, 1.82) is 0 Å². The Labute approximate surface area is 188 Å². The molecule has 5 rings (SSSR count). The number of Topliss-reactive ketones (excluding diaryl/α,β-unsaturated/α-hetero) is 1. The van der Waals surface area contributed by atoms with Crippen molar-refractivity contribution in [1.82, 2.24) is 5.16 Å². The smallest absolute Gasteiger partial charge is 0.264 e. The third-order valence-electron chi connectivity index (χ3n) is 9.23. The summed E-state index contributed by atoms with van der Waals surface area (Å²) in [5.41, 5.74) is -0.448. The van der Waals surface area contributed by atoms with Crippen molar-refractivity contribution in [2.24, 2.45) is 28.6 Å². The van der Waals surface area contributed by atoms with Gasteiger partial charge in [0, 0.05) is 11.0 Å². The van der Waals surface area contributed by atoms with Gasteiger partial charge in [0.05, 0.1) is 18.6 Å². The lowest BCUT2D eigenvalue weighted by atomic mass is 9.45. The summed E-state index contributed by atoms with van der Waals surface area (Å²) >= 11 is 0. The standard InChI is InChI=1S/C23H31NO7S/c1-21-9-13-11-24-31-18(13)8-14(21)4-5-15-16-6-7-23(27,19(26)12-30-32(3,28)29)22(16,2)10-17(25)20(15)21/h8,11,15-17,20,25,27H,4-7,9-10,12H2,1-3H3. The number of carbonyl (C=O) groups excluding carboxylic acids is 1. The van der Waals surface area contributed by atoms with Crippen LogP contribution in [-0.2, 0) is 25.5 Å². The summed E-state index contributed by atoms with van der Waals surface area (Å²) in [6.45, 7) is 3.42. The molecular weight excluding hydrogens is 434 g/mol. The summed E-state index contributed by atoms with van der Waals surface area (Å²) in [6, 6.07) is 0. The largest absolute Gasteiger partial charge is 0.393 e. The second kappa shape index (κ2) is 6.98. The molecule has 0 aromatic carbocycles. The molecule has 4 aliphatic rings. The number of aromatic nitrogens is 1. The number of hydrogen-bond donors (Lipinski definition) is 2. The van der Waals surface area contributed by atoms with Crippen molar-refractivity contribution in [2.75, 3.05) is 12.9 Å². The van der Waals surface area contributed by atoms with Crippen molar-refractivity contribution in [3.05, 3.63) is 23.1 Å². The minimum atomic E-state index is -3.80. The molecule has 0 radical (unpaired) electrons. The average molecular weight is 466 g/mol. The number of aliphatic hydroxyl groups excluding tert-OH is 1. The van der Waals surface area contributed by atoms with E-state index in [0.717, 1.165) is 36.8 Å². The van der Waals surface area contributed by atoms with Crippen LogP contribution in [-0.4, -0.2) is 54.1 Å². The van der Waals surface area contributed by atoms with Gasteiger partial charge in [-0.3, -0.25) is 8.98 Å². The van der Waals surface area contributed by atoms with Crippen LogP contribution in [0.15, 0.2) is 16.3 Å². The second-order valence-corrected chi connectivity index (χ2v) is 12.4. The summed E-state index contributed by atoms with van der Waals surface area (Å²) in [7, 11) is -3.80. The van der Waals surface area contributed by atoms with E-state index in [1.54, 1.807) is 6.20 Å². The number of hydrogen-bond acceptors (Lipinski definition) is 8. The molecule has 9 heteroatoms. The fraction of sp³-hybridized carbons (Fsp3) is 0.739. The maximum absolute atomic E-state index is 13.0. The molecule has 3 saturated carbocycles. The molecule has 1 aromatic rings. The van der Waals surface area contributed by atoms with Crippen molar-refractivity contribution < 1.29 is 32.1 Å². The Morgan fingerprint density at radius 3 is 2.81 bits per heavy atom. The Morgan fingerprint density at radius 1 is 1.34 bits per heavy atom. The first-order chi connectivity index (χ1) is 14.9. The number of ketones is 1. The van der Waals surface area contributed by atoms with Crippen LogP contribution >= 0.6 is 0 Å². The van der Waals surface area contributed by atoms with Crippen LogP contribution in [0, 0.1) is 28.6 Å². The minimum Gasteiger partial charge on any atom is -0.393 e. The average Bonchev–Trinajstić information content (AvgIpc) is 3.24. The van der Waals surface area contributed by atoms with Gasteiger partial charge in [-0.2, -0.15) is 8.42 Å². The summed E-state index contributed by atoms with van der Waals surface area (Å²) in [6.07, 6.45) is 7.75. The highest BCUT2D eigenvalue weighted by Crippen LogP contribution is 2.67. The quantitative estimate of drug-likeness (QED) is 0.647. The van der Waals surface area contributed by atoms with Gasteiger partial charge in [0.2, 0.25) is 0 Å². The molecule has 4 aliphatic carbocycles. The van der Waals surface area contributed by atoms with Crippen LogP contribution in [0.1, 0.15) is 57.3 Å². The molecule has 7 unspecified atom stereocenters. The highest BCUT2D eigenvalue weighted by Gasteiger charge is 2.68. The van der Waals surface area contributed by atoms with Gasteiger partial charge in [-0.05, 0) is 67.8 Å². The van der Waals surface area contributed by atoms with E-state index in [2.05, 4.69) is 18.2 Å². The third-order valence-corrected chi connectivity index (χ3v) is 9.77. The van der Waals surface area contributed by atoms with Gasteiger partial charge in [-0.25, -0.2) is 0 Å². The molecule has 32 heavy (non-hydrogen) atoms. The summed E-state index contributed by atoms with van der Waals surface area (Å²) in [5, 5.41) is 27.0. The minimum absolute atomic E-state index is 0.00773. The summed E-state index contributed by atoms with van der Waals surface area (Å²) in [5.74, 6) is 0.411. The molecule has 7 atom stereocenters. The zero-order chi connectivity index (χ0) is 23.1. The number of carbonyl (C=O) groups is 1. The van der Waals surface area contributed by atoms with Gasteiger partial charge in [0.25, 0.3) is 10.1 Å². The molecule has 1 aromatic heterocycles. The molecule has 1 heterocycles. The monoisotopic (exact) mass is 465 g/mol. The van der Waals surface area contributed by atoms with E-state index in [-0.39, 0.29) is 29.6 Å². The lowest BCUT2D eigenvalue weighted by Gasteiger charge is -2.60. The van der Waals surface area contributed by atoms with E-state index in [0.29, 0.717) is 12.8 Å². The Morgan fingerprint density at radius 2 is 2.09 bits per heavy atom. The van der Waals surface area contributed by atoms with E-state index in [9.17, 15) is 23.4 Å². The Bertz CT molecular complexity index is 1090. The predicted molar refractivity (Wildman–Crippen MR) is 115 cm³/mol. The second-order valence-electron chi connectivity index (χ2n) is 10.8. The fourth-order valence-electron chi connectivity index (χ4n) is 7.76. The third kappa shape index (κ3) is 3.01. The molecule has 0 spiro atoms. The van der Waals surface area contributed by atoms with E-state index < -0.39 is 39.6 Å². The van der Waals surface area contributed by atoms with E-state index in [1.165, 1.54) is 5.57 Å². The highest BCUT2D eigenvalue weighted by molar-refractivity contribution is 7.86. The molecule has 0 amide bonds. The van der Waals surface area contributed by atoms with Crippen LogP contribution in [0.4, 0.5) is 0 Å². The van der Waals surface area contributed by atoms with Crippen LogP contribution in [0.2, 0.25) is 0 Å². The topological polar surface area (TPSA) is 127 Å². The van der Waals surface area contributed by atoms with Crippen molar-refractivity contribution >= 4 is 22.0 Å². The number of nitrogens with zero attached hydrogens (tertiary/aromatic N) is 1. The first kappa shape index (κ1) is 22.3. The molecular formula is C23H31NO7S. The Kier molecular flexibility index (Phi) is 4.85. The van der Waals surface area contributed by atoms with E-state index in [4.69, 9.17) is 8.71 Å². The fourth-order valence-corrected chi connectivity index (χ4v) is 8.08. The molecule has 8 nitrogen and oxygen atoms in total. The van der Waals surface area contributed by atoms with E-state index in [1.807, 2.05) is 6.92 Å². The van der Waals surface area contributed by atoms with Crippen LogP contribution in [0.5, 0.6) is 0 Å². The zero-order valence-corrected chi connectivity index (χ0v) is 19.5. The molecule has 2 N–H and O–H groups in total. The molecule has 176 valence electrons. The van der Waals surface area contributed by atoms with Gasteiger partial charge in [0.1, 0.15) is 12.2 Å². The summed E-state index contributed by atoms with van der Waals surface area (Å²) < 4.78 is 32.9. The van der Waals surface area contributed by atoms with Crippen molar-refractivity contribution in [2.45, 2.75) is 64.1 Å². The van der Waals surface area contributed by atoms with Crippen molar-refractivity contribution in [3.8, 4) is 0 Å². The molecule has 0 bridgehead atoms. The lowest BCUT2D eigenvalue weighted by Crippen LogP contribution is -2.62. The van der Waals surface area contributed by atoms with Gasteiger partial charge in [-0.15, -0.1) is 0 Å². The van der Waals surface area contributed by atoms with Crippen LogP contribution in [0.25, 0.3) is 6.08 Å². The number of rotatable bonds is 4. The SMILES string of the molecule is CC12Cc3cnoc3C=C1CCC1C2C(O)CC2(C)C1CCC2(O)C(=O)COS(C)(=O)=O. The van der Waals surface area contributed by atoms with Gasteiger partial charge in [-0.1, -0.05) is 24.6 Å². The maximum Gasteiger partial charge on any atom is 0.264 e. The van der Waals surface area contributed by atoms with Gasteiger partial charge in [0.15, 0.2) is 11.5 Å². The number of aliphatic hydroxyl groups is 2. The Balaban J connectivity index is 1.46. The van der Waals surface area contributed by atoms with Gasteiger partial charge >= 0.3 is 0 Å². The van der Waals surface area contributed by atoms with Gasteiger partial charge < -0.3 is 14.7 Å². The predicted octanol–water partition coefficient (Wildman–Crippen LogP) is 2.10. The molecule has 3 fully saturated rings. The number of fused-ring (bicyclic) bond motifs is 6. The lowest BCUT2D eigenvalue weighted by molar-refractivity contribution is -0.180. The Hall–Kier alpha value is -1.55. The number of allylic oxidation sites excluding steroid dienone is 1. The first-order valence-electron chi connectivity index (χ1n) is 11.3. The zero-order valence-electron chi connectivity index (χ0n) is 18.7. The highest BCUT2D eigenvalue weighted by atomic mass is 32.2. The van der Waals surface area contributed by atoms with Crippen molar-refractivity contribution in [3.63, 3.8) is 0 Å². The maximum atomic E-state index is 13.0. The van der Waals surface area contributed by atoms with Crippen LogP contribution in [0.3, 0.4) is 0 Å². The normalized spacial score (nSPS) is 43.0. The first-order valence-corrected chi connectivity index (χ1v) is 13.1. The summed E-state index contributed by atoms with van der Waals surface area (Å²) in [4.78, 5) is 13.0. The molecule has 0 aliphatic heterocycles. The molecule has 0 saturated heterocycles. The van der Waals surface area contributed by atoms with Crippen LogP contribution < -0.4 is 0 Å². The van der Waals surface area contributed by atoms with E-state index >= 15 is 0 Å².